The summed E-state index contributed by atoms with van der Waals surface area (Å²) in [6.45, 7) is 0. The summed E-state index contributed by atoms with van der Waals surface area (Å²) < 4.78 is 0. The Bertz CT molecular complexity index is 494. The van der Waals surface area contributed by atoms with Gasteiger partial charge in [0.2, 0.25) is 5.91 Å². The SMILES string of the molecule is O=C(CCCCC(S)CCS)NC(Cc1ccccc1)C(=O)O.[H-].[Na+]. The average Bonchev–Trinajstić information content (AvgIpc) is 2.52. The van der Waals surface area contributed by atoms with Crippen LogP contribution < -0.4 is 34.9 Å². The largest absolute Gasteiger partial charge is 1.00 e. The summed E-state index contributed by atoms with van der Waals surface area (Å²) in [7, 11) is 0. The number of carboxylic acids is 1. The zero-order chi connectivity index (χ0) is 17.1. The summed E-state index contributed by atoms with van der Waals surface area (Å²) in [5.74, 6) is -0.404. The number of nitrogens with one attached hydrogen (secondary N) is 1. The Hall–Kier alpha value is -0.140. The Morgan fingerprint density at radius 1 is 1.17 bits per heavy atom. The minimum atomic E-state index is -1.01. The maximum absolute atomic E-state index is 11.9. The molecular formula is C17H26NNaO3S2. The molecule has 130 valence electrons. The van der Waals surface area contributed by atoms with Crippen LogP contribution in [0.1, 0.15) is 39.1 Å². The molecular weight excluding hydrogens is 353 g/mol. The van der Waals surface area contributed by atoms with Crippen molar-refractivity contribution in [1.29, 1.82) is 0 Å². The first-order valence-electron chi connectivity index (χ1n) is 7.88. The van der Waals surface area contributed by atoms with E-state index in [0.29, 0.717) is 18.1 Å². The smallest absolute Gasteiger partial charge is 1.00 e. The van der Waals surface area contributed by atoms with Crippen LogP contribution in [0.15, 0.2) is 30.3 Å². The molecule has 0 saturated heterocycles. The van der Waals surface area contributed by atoms with E-state index in [-0.39, 0.29) is 36.9 Å². The summed E-state index contributed by atoms with van der Waals surface area (Å²) in [5.41, 5.74) is 0.893. The van der Waals surface area contributed by atoms with Gasteiger partial charge in [-0.3, -0.25) is 4.79 Å². The van der Waals surface area contributed by atoms with Gasteiger partial charge in [0.05, 0.1) is 0 Å². The van der Waals surface area contributed by atoms with E-state index in [4.69, 9.17) is 0 Å². The van der Waals surface area contributed by atoms with Crippen LogP contribution in [0, 0.1) is 0 Å². The molecule has 2 unspecified atom stereocenters. The molecule has 0 spiro atoms. The van der Waals surface area contributed by atoms with Gasteiger partial charge in [-0.25, -0.2) is 4.79 Å². The molecule has 2 N–H and O–H groups in total. The van der Waals surface area contributed by atoms with E-state index in [1.165, 1.54) is 0 Å². The molecule has 4 nitrogen and oxygen atoms in total. The number of rotatable bonds is 11. The second-order valence-corrected chi connectivity index (χ2v) is 6.74. The van der Waals surface area contributed by atoms with E-state index in [9.17, 15) is 14.7 Å². The van der Waals surface area contributed by atoms with Crippen molar-refractivity contribution in [3.63, 3.8) is 0 Å². The van der Waals surface area contributed by atoms with Gasteiger partial charge in [0, 0.05) is 18.1 Å². The summed E-state index contributed by atoms with van der Waals surface area (Å²) >= 11 is 8.61. The normalized spacial score (nSPS) is 12.8. The molecule has 7 heteroatoms. The van der Waals surface area contributed by atoms with Crippen molar-refractivity contribution in [2.24, 2.45) is 0 Å². The number of benzene rings is 1. The van der Waals surface area contributed by atoms with E-state index < -0.39 is 12.0 Å². The Labute approximate surface area is 178 Å². The number of thiol groups is 2. The van der Waals surface area contributed by atoms with Gasteiger partial charge in [0.1, 0.15) is 6.04 Å². The quantitative estimate of drug-likeness (QED) is 0.250. The zero-order valence-corrected chi connectivity index (χ0v) is 17.9. The van der Waals surface area contributed by atoms with Crippen LogP contribution in [-0.4, -0.2) is 34.0 Å². The van der Waals surface area contributed by atoms with Crippen molar-refractivity contribution in [2.45, 2.75) is 49.8 Å². The standard InChI is InChI=1S/C17H25NO3S2.Na.H/c19-16(9-5-4-8-14(23)10-11-22)18-15(17(20)21)12-13-6-2-1-3-7-13;;/h1-3,6-7,14-15,22-23H,4-5,8-12H2,(H,18,19)(H,20,21);;/q;+1;-1. The van der Waals surface area contributed by atoms with E-state index in [1.54, 1.807) is 0 Å². The molecule has 0 aliphatic carbocycles. The van der Waals surface area contributed by atoms with Gasteiger partial charge in [0.25, 0.3) is 0 Å². The zero-order valence-electron chi connectivity index (χ0n) is 15.1. The van der Waals surface area contributed by atoms with E-state index in [0.717, 1.165) is 37.0 Å². The number of amides is 1. The van der Waals surface area contributed by atoms with Crippen molar-refractivity contribution in [2.75, 3.05) is 5.75 Å². The van der Waals surface area contributed by atoms with Gasteiger partial charge in [-0.15, -0.1) is 0 Å². The Balaban J connectivity index is 0. The minimum Gasteiger partial charge on any atom is -1.00 e. The molecule has 0 fully saturated rings. The maximum Gasteiger partial charge on any atom is 1.00 e. The molecule has 0 radical (unpaired) electrons. The number of unbranched alkanes of at least 4 members (excludes halogenated alkanes) is 1. The second-order valence-electron chi connectivity index (χ2n) is 5.56. The average molecular weight is 380 g/mol. The maximum atomic E-state index is 11.9. The predicted molar refractivity (Wildman–Crippen MR) is 101 cm³/mol. The number of hydrogen-bond donors (Lipinski definition) is 4. The second kappa shape index (κ2) is 14.1. The Kier molecular flexibility index (Phi) is 14.0. The third-order valence-electron chi connectivity index (χ3n) is 3.57. The molecule has 0 aromatic heterocycles. The van der Waals surface area contributed by atoms with Gasteiger partial charge in [-0.05, 0) is 30.6 Å². The van der Waals surface area contributed by atoms with Crippen LogP contribution in [0.2, 0.25) is 0 Å². The van der Waals surface area contributed by atoms with Crippen LogP contribution >= 0.6 is 25.3 Å². The first kappa shape index (κ1) is 23.9. The van der Waals surface area contributed by atoms with Crippen LogP contribution in [-0.2, 0) is 16.0 Å². The van der Waals surface area contributed by atoms with Gasteiger partial charge >= 0.3 is 35.5 Å². The fourth-order valence-corrected chi connectivity index (χ4v) is 3.10. The summed E-state index contributed by atoms with van der Waals surface area (Å²) in [5, 5.41) is 12.2. The van der Waals surface area contributed by atoms with E-state index in [2.05, 4.69) is 30.6 Å². The summed E-state index contributed by atoms with van der Waals surface area (Å²) in [4.78, 5) is 23.2. The molecule has 24 heavy (non-hydrogen) atoms. The number of hydrogen-bond acceptors (Lipinski definition) is 4. The molecule has 0 bridgehead atoms. The topological polar surface area (TPSA) is 66.4 Å². The fourth-order valence-electron chi connectivity index (χ4n) is 2.28. The summed E-state index contributed by atoms with van der Waals surface area (Å²) in [6, 6.07) is 8.42. The molecule has 0 aliphatic rings. The van der Waals surface area contributed by atoms with Crippen LogP contribution in [0.3, 0.4) is 0 Å². The van der Waals surface area contributed by atoms with Crippen molar-refractivity contribution in [3.05, 3.63) is 35.9 Å². The first-order chi connectivity index (χ1) is 11.0. The monoisotopic (exact) mass is 379 g/mol. The molecule has 0 aliphatic heterocycles. The molecule has 2 atom stereocenters. The number of carboxylic acid groups (broad SMARTS) is 1. The minimum absolute atomic E-state index is 0. The molecule has 0 heterocycles. The van der Waals surface area contributed by atoms with Gasteiger partial charge < -0.3 is 11.8 Å². The Morgan fingerprint density at radius 3 is 2.42 bits per heavy atom. The van der Waals surface area contributed by atoms with Gasteiger partial charge in [0.15, 0.2) is 0 Å². The van der Waals surface area contributed by atoms with Crippen LogP contribution in [0.5, 0.6) is 0 Å². The predicted octanol–water partition coefficient (Wildman–Crippen LogP) is 0.0937. The number of carbonyl (C=O) groups is 2. The van der Waals surface area contributed by atoms with Crippen LogP contribution in [0.25, 0.3) is 0 Å². The van der Waals surface area contributed by atoms with Crippen molar-refractivity contribution in [3.8, 4) is 0 Å². The fraction of sp³-hybridized carbons (Fsp3) is 0.529. The molecule has 1 aromatic carbocycles. The first-order valence-corrected chi connectivity index (χ1v) is 9.03. The van der Waals surface area contributed by atoms with Crippen molar-refractivity contribution >= 4 is 37.1 Å². The van der Waals surface area contributed by atoms with Crippen LogP contribution in [0.4, 0.5) is 0 Å². The third kappa shape index (κ3) is 10.7. The van der Waals surface area contributed by atoms with Crippen molar-refractivity contribution < 1.29 is 45.7 Å². The molecule has 1 rings (SSSR count). The molecule has 1 aromatic rings. The number of aliphatic carboxylic acids is 1. The summed E-state index contributed by atoms with van der Waals surface area (Å²) in [6.07, 6.45) is 4.20. The molecule has 1 amide bonds. The van der Waals surface area contributed by atoms with E-state index in [1.807, 2.05) is 30.3 Å². The Morgan fingerprint density at radius 2 is 1.83 bits per heavy atom. The number of carbonyl (C=O) groups excluding carboxylic acids is 1. The van der Waals surface area contributed by atoms with E-state index >= 15 is 0 Å². The molecule has 0 saturated carbocycles. The third-order valence-corrected chi connectivity index (χ3v) is 4.34. The van der Waals surface area contributed by atoms with Gasteiger partial charge in [-0.2, -0.15) is 25.3 Å². The van der Waals surface area contributed by atoms with Crippen molar-refractivity contribution in [1.82, 2.24) is 5.32 Å². The van der Waals surface area contributed by atoms with Gasteiger partial charge in [-0.1, -0.05) is 36.8 Å².